The maximum Gasteiger partial charge on any atom is 0.288 e. The quantitative estimate of drug-likeness (QED) is 0.311. The van der Waals surface area contributed by atoms with E-state index in [1.807, 2.05) is 0 Å². The van der Waals surface area contributed by atoms with Crippen molar-refractivity contribution >= 4 is 56.5 Å². The lowest BCUT2D eigenvalue weighted by atomic mass is 10.2. The molecule has 0 spiro atoms. The standard InChI is InChI=1S/C18H13ClN4O5S2/c19-15-8-3-12(10-16(15)23(25)26)11-20-21-18(24)13-4-6-14(7-5-13)22-30(27,28)17-2-1-9-29-17/h1-11,22H,(H,21,24). The zero-order chi connectivity index (χ0) is 21.7. The molecule has 0 saturated heterocycles. The zero-order valence-electron chi connectivity index (χ0n) is 15.0. The second-order valence-electron chi connectivity index (χ2n) is 5.78. The number of nitrogens with zero attached hydrogens (tertiary/aromatic N) is 2. The van der Waals surface area contributed by atoms with Gasteiger partial charge in [0.05, 0.1) is 11.1 Å². The van der Waals surface area contributed by atoms with Gasteiger partial charge in [-0.05, 0) is 41.8 Å². The van der Waals surface area contributed by atoms with Crippen LogP contribution >= 0.6 is 22.9 Å². The highest BCUT2D eigenvalue weighted by Gasteiger charge is 2.15. The van der Waals surface area contributed by atoms with Crippen molar-refractivity contribution in [2.24, 2.45) is 5.10 Å². The van der Waals surface area contributed by atoms with Crippen molar-refractivity contribution in [1.82, 2.24) is 5.43 Å². The van der Waals surface area contributed by atoms with Gasteiger partial charge in [-0.2, -0.15) is 5.10 Å². The van der Waals surface area contributed by atoms with E-state index in [0.717, 1.165) is 11.3 Å². The predicted molar refractivity (Wildman–Crippen MR) is 115 cm³/mol. The van der Waals surface area contributed by atoms with E-state index < -0.39 is 20.9 Å². The molecule has 3 rings (SSSR count). The minimum Gasteiger partial charge on any atom is -0.279 e. The molecule has 12 heteroatoms. The number of carbonyl (C=O) groups is 1. The second-order valence-corrected chi connectivity index (χ2v) is 9.05. The monoisotopic (exact) mass is 464 g/mol. The van der Waals surface area contributed by atoms with Crippen LogP contribution in [0.3, 0.4) is 0 Å². The molecule has 0 unspecified atom stereocenters. The maximum absolute atomic E-state index is 12.2. The van der Waals surface area contributed by atoms with Crippen LogP contribution in [0.25, 0.3) is 0 Å². The molecule has 1 heterocycles. The van der Waals surface area contributed by atoms with Crippen molar-refractivity contribution in [3.05, 3.63) is 86.2 Å². The third kappa shape index (κ3) is 5.20. The zero-order valence-corrected chi connectivity index (χ0v) is 17.4. The smallest absolute Gasteiger partial charge is 0.279 e. The number of hydrazone groups is 1. The highest BCUT2D eigenvalue weighted by molar-refractivity contribution is 7.94. The average Bonchev–Trinajstić information content (AvgIpc) is 3.25. The molecular formula is C18H13ClN4O5S2. The van der Waals surface area contributed by atoms with Gasteiger partial charge in [0, 0.05) is 22.9 Å². The lowest BCUT2D eigenvalue weighted by molar-refractivity contribution is -0.384. The summed E-state index contributed by atoms with van der Waals surface area (Å²) in [7, 11) is -3.67. The van der Waals surface area contributed by atoms with Gasteiger partial charge in [0.25, 0.3) is 21.6 Å². The minimum atomic E-state index is -3.67. The number of benzene rings is 2. The highest BCUT2D eigenvalue weighted by Crippen LogP contribution is 2.24. The fourth-order valence-electron chi connectivity index (χ4n) is 2.29. The summed E-state index contributed by atoms with van der Waals surface area (Å²) >= 11 is 6.83. The molecule has 0 aliphatic carbocycles. The first-order chi connectivity index (χ1) is 14.3. The summed E-state index contributed by atoms with van der Waals surface area (Å²) < 4.78 is 27.0. The highest BCUT2D eigenvalue weighted by atomic mass is 35.5. The lowest BCUT2D eigenvalue weighted by Gasteiger charge is -2.07. The van der Waals surface area contributed by atoms with Crippen molar-refractivity contribution in [1.29, 1.82) is 0 Å². The first-order valence-electron chi connectivity index (χ1n) is 8.20. The molecule has 2 aromatic carbocycles. The Kier molecular flexibility index (Phi) is 6.45. The molecule has 0 aliphatic rings. The van der Waals surface area contributed by atoms with E-state index in [4.69, 9.17) is 11.6 Å². The Balaban J connectivity index is 1.63. The minimum absolute atomic E-state index is 0.00372. The number of nitrogens with one attached hydrogen (secondary N) is 2. The van der Waals surface area contributed by atoms with Crippen LogP contribution in [0, 0.1) is 10.1 Å². The fourth-order valence-corrected chi connectivity index (χ4v) is 4.53. The first kappa shape index (κ1) is 21.4. The molecule has 9 nitrogen and oxygen atoms in total. The molecule has 1 aromatic heterocycles. The summed E-state index contributed by atoms with van der Waals surface area (Å²) in [6.45, 7) is 0. The average molecular weight is 465 g/mol. The first-order valence-corrected chi connectivity index (χ1v) is 10.9. The van der Waals surface area contributed by atoms with Crippen molar-refractivity contribution in [3.63, 3.8) is 0 Å². The van der Waals surface area contributed by atoms with E-state index >= 15 is 0 Å². The molecule has 0 saturated carbocycles. The summed E-state index contributed by atoms with van der Waals surface area (Å²) in [6, 6.07) is 13.0. The predicted octanol–water partition coefficient (Wildman–Crippen LogP) is 3.87. The molecule has 0 aliphatic heterocycles. The topological polar surface area (TPSA) is 131 Å². The van der Waals surface area contributed by atoms with Gasteiger partial charge in [-0.1, -0.05) is 23.7 Å². The van der Waals surface area contributed by atoms with E-state index in [1.54, 1.807) is 11.4 Å². The summed E-state index contributed by atoms with van der Waals surface area (Å²) in [5.74, 6) is -0.539. The largest absolute Gasteiger partial charge is 0.288 e. The Morgan fingerprint density at radius 2 is 1.90 bits per heavy atom. The Morgan fingerprint density at radius 1 is 1.17 bits per heavy atom. The van der Waals surface area contributed by atoms with Gasteiger partial charge < -0.3 is 0 Å². The van der Waals surface area contributed by atoms with Crippen molar-refractivity contribution in [3.8, 4) is 0 Å². The van der Waals surface area contributed by atoms with E-state index in [0.29, 0.717) is 11.3 Å². The van der Waals surface area contributed by atoms with Crippen molar-refractivity contribution in [2.75, 3.05) is 4.72 Å². The van der Waals surface area contributed by atoms with Gasteiger partial charge in [-0.15, -0.1) is 11.3 Å². The molecule has 154 valence electrons. The van der Waals surface area contributed by atoms with Crippen LogP contribution in [0.5, 0.6) is 0 Å². The molecule has 1 amide bonds. The van der Waals surface area contributed by atoms with E-state index in [9.17, 15) is 23.3 Å². The van der Waals surface area contributed by atoms with Gasteiger partial charge in [0.15, 0.2) is 0 Å². The molecule has 3 aromatic rings. The number of nitro groups is 1. The SMILES string of the molecule is O=C(NN=Cc1ccc(Cl)c([N+](=O)[O-])c1)c1ccc(NS(=O)(=O)c2cccs2)cc1. The third-order valence-electron chi connectivity index (χ3n) is 3.71. The number of halogens is 1. The van der Waals surface area contributed by atoms with E-state index in [2.05, 4.69) is 15.2 Å². The van der Waals surface area contributed by atoms with Crippen LogP contribution in [0.15, 0.2) is 69.3 Å². The Bertz CT molecular complexity index is 1210. The van der Waals surface area contributed by atoms with Crippen molar-refractivity contribution in [2.45, 2.75) is 4.21 Å². The van der Waals surface area contributed by atoms with Crippen molar-refractivity contribution < 1.29 is 18.1 Å². The van der Waals surface area contributed by atoms with Gasteiger partial charge in [0.2, 0.25) is 0 Å². The number of hydrogen-bond acceptors (Lipinski definition) is 7. The molecule has 2 N–H and O–H groups in total. The molecule has 0 bridgehead atoms. The number of sulfonamides is 1. The molecule has 30 heavy (non-hydrogen) atoms. The third-order valence-corrected chi connectivity index (χ3v) is 6.80. The summed E-state index contributed by atoms with van der Waals surface area (Å²) in [4.78, 5) is 22.4. The van der Waals surface area contributed by atoms with Crippen LogP contribution in [0.1, 0.15) is 15.9 Å². The lowest BCUT2D eigenvalue weighted by Crippen LogP contribution is -2.17. The Hall–Kier alpha value is -3.28. The number of thiophene rings is 1. The number of carbonyl (C=O) groups excluding carboxylic acids is 1. The van der Waals surface area contributed by atoms with Crippen LogP contribution in [0.2, 0.25) is 5.02 Å². The Labute approximate surface area is 180 Å². The number of nitro benzene ring substituents is 1. The van der Waals surface area contributed by atoms with Crippen LogP contribution in [-0.4, -0.2) is 25.5 Å². The molecule has 0 radical (unpaired) electrons. The molecule has 0 atom stereocenters. The number of rotatable bonds is 7. The summed E-state index contributed by atoms with van der Waals surface area (Å²) in [6.07, 6.45) is 1.24. The normalized spacial score (nSPS) is 11.4. The number of hydrogen-bond donors (Lipinski definition) is 2. The fraction of sp³-hybridized carbons (Fsp3) is 0. The molecular weight excluding hydrogens is 452 g/mol. The van der Waals surface area contributed by atoms with Gasteiger partial charge in [-0.3, -0.25) is 19.6 Å². The number of anilines is 1. The maximum atomic E-state index is 12.2. The van der Waals surface area contributed by atoms with Gasteiger partial charge in [0.1, 0.15) is 9.23 Å². The van der Waals surface area contributed by atoms with E-state index in [-0.39, 0.29) is 20.5 Å². The Morgan fingerprint density at radius 3 is 2.53 bits per heavy atom. The molecule has 0 fully saturated rings. The van der Waals surface area contributed by atoms with Crippen LogP contribution in [0.4, 0.5) is 11.4 Å². The number of amides is 1. The van der Waals surface area contributed by atoms with Crippen LogP contribution in [-0.2, 0) is 10.0 Å². The summed E-state index contributed by atoms with van der Waals surface area (Å²) in [5, 5.41) is 16.3. The van der Waals surface area contributed by atoms with Crippen LogP contribution < -0.4 is 10.1 Å². The van der Waals surface area contributed by atoms with Gasteiger partial charge >= 0.3 is 0 Å². The second kappa shape index (κ2) is 9.03. The van der Waals surface area contributed by atoms with E-state index in [1.165, 1.54) is 54.7 Å². The van der Waals surface area contributed by atoms with Gasteiger partial charge in [-0.25, -0.2) is 13.8 Å². The summed E-state index contributed by atoms with van der Waals surface area (Å²) in [5.41, 5.74) is 2.95.